The molecule has 2 aromatic rings. The molecule has 154 valence electrons. The van der Waals surface area contributed by atoms with Gasteiger partial charge in [0.25, 0.3) is 5.91 Å². The molecule has 1 heterocycles. The lowest BCUT2D eigenvalue weighted by Gasteiger charge is -2.28. The second-order valence-electron chi connectivity index (χ2n) is 7.47. The van der Waals surface area contributed by atoms with Crippen molar-refractivity contribution in [3.63, 3.8) is 0 Å². The molecule has 29 heavy (non-hydrogen) atoms. The minimum Gasteiger partial charge on any atom is -0.483 e. The van der Waals surface area contributed by atoms with Crippen LogP contribution in [0.25, 0.3) is 0 Å². The Bertz CT molecular complexity index is 841. The SMILES string of the molecule is Cc1ccc(C(C)C)c(OCC(=O)N/N=C/c2ccc(N3CCOCC3)cc2)c1. The molecule has 6 heteroatoms. The molecule has 0 aromatic heterocycles. The lowest BCUT2D eigenvalue weighted by atomic mass is 10.0. The number of amides is 1. The largest absolute Gasteiger partial charge is 0.483 e. The maximum atomic E-state index is 12.1. The van der Waals surface area contributed by atoms with Crippen molar-refractivity contribution in [3.8, 4) is 5.75 Å². The van der Waals surface area contributed by atoms with Gasteiger partial charge in [-0.1, -0.05) is 38.1 Å². The monoisotopic (exact) mass is 395 g/mol. The predicted octanol–water partition coefficient (Wildman–Crippen LogP) is 3.48. The first-order chi connectivity index (χ1) is 14.0. The van der Waals surface area contributed by atoms with Crippen molar-refractivity contribution < 1.29 is 14.3 Å². The first-order valence-corrected chi connectivity index (χ1v) is 10.0. The van der Waals surface area contributed by atoms with E-state index in [0.717, 1.165) is 48.7 Å². The van der Waals surface area contributed by atoms with Gasteiger partial charge in [0, 0.05) is 18.8 Å². The molecular weight excluding hydrogens is 366 g/mol. The zero-order valence-corrected chi connectivity index (χ0v) is 17.4. The molecule has 3 rings (SSSR count). The van der Waals surface area contributed by atoms with E-state index < -0.39 is 0 Å². The normalized spacial score (nSPS) is 14.4. The Hall–Kier alpha value is -2.86. The zero-order valence-electron chi connectivity index (χ0n) is 17.4. The Labute approximate surface area is 172 Å². The van der Waals surface area contributed by atoms with Crippen LogP contribution in [-0.4, -0.2) is 45.0 Å². The molecular formula is C23H29N3O3. The quantitative estimate of drug-likeness (QED) is 0.576. The van der Waals surface area contributed by atoms with Gasteiger partial charge in [0.2, 0.25) is 0 Å². The minimum atomic E-state index is -0.289. The van der Waals surface area contributed by atoms with Gasteiger partial charge >= 0.3 is 0 Å². The van der Waals surface area contributed by atoms with Crippen molar-refractivity contribution in [1.29, 1.82) is 0 Å². The smallest absolute Gasteiger partial charge is 0.277 e. The van der Waals surface area contributed by atoms with Crippen LogP contribution in [-0.2, 0) is 9.53 Å². The number of aryl methyl sites for hydroxylation is 1. The molecule has 0 radical (unpaired) electrons. The minimum absolute atomic E-state index is 0.0729. The number of ether oxygens (including phenoxy) is 2. The van der Waals surface area contributed by atoms with Crippen molar-refractivity contribution in [2.45, 2.75) is 26.7 Å². The Morgan fingerprint density at radius 2 is 1.93 bits per heavy atom. The maximum absolute atomic E-state index is 12.1. The third-order valence-electron chi connectivity index (χ3n) is 4.82. The number of morpholine rings is 1. The number of hydrogen-bond donors (Lipinski definition) is 1. The third-order valence-corrected chi connectivity index (χ3v) is 4.82. The summed E-state index contributed by atoms with van der Waals surface area (Å²) < 4.78 is 11.1. The fraction of sp³-hybridized carbons (Fsp3) is 0.391. The highest BCUT2D eigenvalue weighted by atomic mass is 16.5. The lowest BCUT2D eigenvalue weighted by molar-refractivity contribution is -0.123. The summed E-state index contributed by atoms with van der Waals surface area (Å²) in [6, 6.07) is 14.1. The van der Waals surface area contributed by atoms with Crippen LogP contribution in [0, 0.1) is 6.92 Å². The van der Waals surface area contributed by atoms with Gasteiger partial charge in [-0.15, -0.1) is 0 Å². The summed E-state index contributed by atoms with van der Waals surface area (Å²) in [6.07, 6.45) is 1.63. The van der Waals surface area contributed by atoms with Crippen molar-refractivity contribution in [2.24, 2.45) is 5.10 Å². The number of benzene rings is 2. The maximum Gasteiger partial charge on any atom is 0.277 e. The molecule has 1 aliphatic heterocycles. The van der Waals surface area contributed by atoms with Crippen molar-refractivity contribution in [3.05, 3.63) is 59.2 Å². The van der Waals surface area contributed by atoms with Crippen LogP contribution < -0.4 is 15.1 Å². The standard InChI is InChI=1S/C23H29N3O3/c1-17(2)21-9-4-18(3)14-22(21)29-16-23(27)25-24-15-19-5-7-20(8-6-19)26-10-12-28-13-11-26/h4-9,14-15,17H,10-13,16H2,1-3H3,(H,25,27)/b24-15+. The van der Waals surface area contributed by atoms with Gasteiger partial charge < -0.3 is 14.4 Å². The van der Waals surface area contributed by atoms with Gasteiger partial charge in [0.15, 0.2) is 6.61 Å². The number of anilines is 1. The highest BCUT2D eigenvalue weighted by molar-refractivity contribution is 5.83. The van der Waals surface area contributed by atoms with E-state index in [1.54, 1.807) is 6.21 Å². The molecule has 1 fully saturated rings. The summed E-state index contributed by atoms with van der Waals surface area (Å²) in [5.74, 6) is 0.785. The van der Waals surface area contributed by atoms with E-state index in [1.807, 2.05) is 31.2 Å². The predicted molar refractivity (Wildman–Crippen MR) is 116 cm³/mol. The van der Waals surface area contributed by atoms with Crippen molar-refractivity contribution in [2.75, 3.05) is 37.8 Å². The molecule has 0 spiro atoms. The summed E-state index contributed by atoms with van der Waals surface area (Å²) in [6.45, 7) is 9.48. The van der Waals surface area contributed by atoms with E-state index in [4.69, 9.17) is 9.47 Å². The average molecular weight is 396 g/mol. The van der Waals surface area contributed by atoms with Crippen LogP contribution in [0.2, 0.25) is 0 Å². The van der Waals surface area contributed by atoms with Crippen LogP contribution in [0.15, 0.2) is 47.6 Å². The number of hydrogen-bond acceptors (Lipinski definition) is 5. The average Bonchev–Trinajstić information content (AvgIpc) is 2.73. The number of carbonyl (C=O) groups excluding carboxylic acids is 1. The summed E-state index contributed by atoms with van der Waals surface area (Å²) in [5.41, 5.74) is 6.80. The van der Waals surface area contributed by atoms with Crippen LogP contribution in [0.5, 0.6) is 5.75 Å². The fourth-order valence-electron chi connectivity index (χ4n) is 3.19. The van der Waals surface area contributed by atoms with Gasteiger partial charge in [-0.05, 0) is 47.7 Å². The Kier molecular flexibility index (Phi) is 7.25. The van der Waals surface area contributed by atoms with Crippen LogP contribution in [0.3, 0.4) is 0 Å². The summed E-state index contributed by atoms with van der Waals surface area (Å²) in [5, 5.41) is 4.03. The lowest BCUT2D eigenvalue weighted by Crippen LogP contribution is -2.36. The molecule has 1 amide bonds. The zero-order chi connectivity index (χ0) is 20.6. The first kappa shape index (κ1) is 20.9. The fourth-order valence-corrected chi connectivity index (χ4v) is 3.19. The highest BCUT2D eigenvalue weighted by Gasteiger charge is 2.11. The van der Waals surface area contributed by atoms with Gasteiger partial charge in [0.05, 0.1) is 19.4 Å². The van der Waals surface area contributed by atoms with Crippen LogP contribution in [0.1, 0.15) is 36.5 Å². The number of nitrogens with one attached hydrogen (secondary N) is 1. The number of hydrazone groups is 1. The van der Waals surface area contributed by atoms with Crippen molar-refractivity contribution in [1.82, 2.24) is 5.43 Å². The number of carbonyl (C=O) groups is 1. The molecule has 0 atom stereocenters. The Morgan fingerprint density at radius 3 is 2.62 bits per heavy atom. The van der Waals surface area contributed by atoms with E-state index in [2.05, 4.69) is 47.5 Å². The summed E-state index contributed by atoms with van der Waals surface area (Å²) in [7, 11) is 0. The van der Waals surface area contributed by atoms with E-state index in [9.17, 15) is 4.79 Å². The second-order valence-corrected chi connectivity index (χ2v) is 7.47. The molecule has 6 nitrogen and oxygen atoms in total. The molecule has 1 N–H and O–H groups in total. The first-order valence-electron chi connectivity index (χ1n) is 10.0. The van der Waals surface area contributed by atoms with Crippen molar-refractivity contribution >= 4 is 17.8 Å². The van der Waals surface area contributed by atoms with Crippen LogP contribution >= 0.6 is 0 Å². The summed E-state index contributed by atoms with van der Waals surface area (Å²) >= 11 is 0. The topological polar surface area (TPSA) is 63.2 Å². The molecule has 2 aromatic carbocycles. The highest BCUT2D eigenvalue weighted by Crippen LogP contribution is 2.27. The van der Waals surface area contributed by atoms with Crippen LogP contribution in [0.4, 0.5) is 5.69 Å². The van der Waals surface area contributed by atoms with E-state index in [-0.39, 0.29) is 12.5 Å². The van der Waals surface area contributed by atoms with Gasteiger partial charge in [-0.2, -0.15) is 5.10 Å². The molecule has 0 saturated carbocycles. The van der Waals surface area contributed by atoms with E-state index in [1.165, 1.54) is 5.69 Å². The van der Waals surface area contributed by atoms with E-state index in [0.29, 0.717) is 5.92 Å². The summed E-state index contributed by atoms with van der Waals surface area (Å²) in [4.78, 5) is 14.4. The Morgan fingerprint density at radius 1 is 1.21 bits per heavy atom. The number of rotatable bonds is 7. The molecule has 1 saturated heterocycles. The molecule has 0 bridgehead atoms. The molecule has 1 aliphatic rings. The third kappa shape index (κ3) is 6.06. The Balaban J connectivity index is 1.49. The van der Waals surface area contributed by atoms with Gasteiger partial charge in [0.1, 0.15) is 5.75 Å². The van der Waals surface area contributed by atoms with E-state index >= 15 is 0 Å². The number of nitrogens with zero attached hydrogens (tertiary/aromatic N) is 2. The molecule has 0 aliphatic carbocycles. The van der Waals surface area contributed by atoms with Gasteiger partial charge in [-0.25, -0.2) is 5.43 Å². The molecule has 0 unspecified atom stereocenters. The second kappa shape index (κ2) is 10.1. The van der Waals surface area contributed by atoms with Gasteiger partial charge in [-0.3, -0.25) is 4.79 Å².